The van der Waals surface area contributed by atoms with Gasteiger partial charge in [-0.1, -0.05) is 6.07 Å². The summed E-state index contributed by atoms with van der Waals surface area (Å²) in [5, 5.41) is 3.32. The highest BCUT2D eigenvalue weighted by Gasteiger charge is 2.13. The van der Waals surface area contributed by atoms with Gasteiger partial charge in [0.2, 0.25) is 0 Å². The molecule has 1 N–H and O–H groups in total. The lowest BCUT2D eigenvalue weighted by atomic mass is 10.2. The Bertz CT molecular complexity index is 307. The average molecular weight is 222 g/mol. The van der Waals surface area contributed by atoms with Crippen LogP contribution in [-0.2, 0) is 16.0 Å². The summed E-state index contributed by atoms with van der Waals surface area (Å²) >= 11 is 0. The van der Waals surface area contributed by atoms with Crippen molar-refractivity contribution < 1.29 is 9.47 Å². The van der Waals surface area contributed by atoms with Crippen molar-refractivity contribution in [1.29, 1.82) is 0 Å². The maximum atomic E-state index is 5.53. The molecule has 1 fully saturated rings. The van der Waals surface area contributed by atoms with Crippen molar-refractivity contribution in [3.8, 4) is 0 Å². The highest BCUT2D eigenvalue weighted by Crippen LogP contribution is 2.01. The molecule has 1 aliphatic rings. The third-order valence-corrected chi connectivity index (χ3v) is 2.54. The molecule has 1 aromatic rings. The predicted octanol–water partition coefficient (Wildman–Crippen LogP) is 0.895. The fraction of sp³-hybridized carbons (Fsp3) is 0.583. The largest absolute Gasteiger partial charge is 0.376 e. The minimum atomic E-state index is 0.180. The molecule has 1 aliphatic heterocycles. The van der Waals surface area contributed by atoms with Gasteiger partial charge in [0, 0.05) is 19.3 Å². The van der Waals surface area contributed by atoms with Crippen LogP contribution in [0.5, 0.6) is 0 Å². The van der Waals surface area contributed by atoms with E-state index < -0.39 is 0 Å². The summed E-state index contributed by atoms with van der Waals surface area (Å²) in [6.07, 6.45) is 2.07. The van der Waals surface area contributed by atoms with Gasteiger partial charge >= 0.3 is 0 Å². The normalized spacial score (nSPS) is 20.9. The zero-order chi connectivity index (χ0) is 11.2. The fourth-order valence-electron chi connectivity index (χ4n) is 1.62. The molecule has 1 aromatic heterocycles. The maximum Gasteiger partial charge on any atom is 0.0933 e. The Hall–Kier alpha value is -0.970. The number of hydrogen-bond donors (Lipinski definition) is 1. The number of nitrogens with one attached hydrogen (secondary N) is 1. The highest BCUT2D eigenvalue weighted by molar-refractivity contribution is 5.11. The predicted molar refractivity (Wildman–Crippen MR) is 61.2 cm³/mol. The van der Waals surface area contributed by atoms with E-state index in [9.17, 15) is 0 Å². The molecular formula is C12H18N2O2. The van der Waals surface area contributed by atoms with E-state index in [-0.39, 0.29) is 6.10 Å². The summed E-state index contributed by atoms with van der Waals surface area (Å²) in [5.41, 5.74) is 2.25. The monoisotopic (exact) mass is 222 g/mol. The fourth-order valence-corrected chi connectivity index (χ4v) is 1.62. The van der Waals surface area contributed by atoms with Crippen molar-refractivity contribution in [3.05, 3.63) is 29.6 Å². The molecule has 0 bridgehead atoms. The SMILES string of the molecule is Cc1ccc(CNCC2COCCO2)nc1. The Labute approximate surface area is 96.0 Å². The summed E-state index contributed by atoms with van der Waals surface area (Å²) in [5.74, 6) is 0. The first-order valence-electron chi connectivity index (χ1n) is 5.66. The second-order valence-electron chi connectivity index (χ2n) is 4.03. The van der Waals surface area contributed by atoms with Gasteiger partial charge in [-0.3, -0.25) is 4.98 Å². The third kappa shape index (κ3) is 3.56. The first-order chi connectivity index (χ1) is 7.84. The first kappa shape index (κ1) is 11.5. The molecule has 0 aliphatic carbocycles. The molecule has 2 heterocycles. The molecule has 0 amide bonds. The van der Waals surface area contributed by atoms with Crippen LogP contribution in [0.25, 0.3) is 0 Å². The Kier molecular flexibility index (Phi) is 4.27. The summed E-state index contributed by atoms with van der Waals surface area (Å²) in [7, 11) is 0. The molecular weight excluding hydrogens is 204 g/mol. The van der Waals surface area contributed by atoms with E-state index in [0.29, 0.717) is 13.2 Å². The number of nitrogens with zero attached hydrogens (tertiary/aromatic N) is 1. The molecule has 0 radical (unpaired) electrons. The molecule has 1 saturated heterocycles. The van der Waals surface area contributed by atoms with E-state index in [2.05, 4.69) is 16.4 Å². The molecule has 0 spiro atoms. The van der Waals surface area contributed by atoms with Crippen LogP contribution in [0, 0.1) is 6.92 Å². The Balaban J connectivity index is 1.69. The summed E-state index contributed by atoms with van der Waals surface area (Å²) < 4.78 is 10.8. The lowest BCUT2D eigenvalue weighted by Gasteiger charge is -2.23. The summed E-state index contributed by atoms with van der Waals surface area (Å²) in [6, 6.07) is 4.12. The van der Waals surface area contributed by atoms with Gasteiger partial charge in [-0.25, -0.2) is 0 Å². The lowest BCUT2D eigenvalue weighted by molar-refractivity contribution is -0.0864. The van der Waals surface area contributed by atoms with Gasteiger partial charge in [0.15, 0.2) is 0 Å². The summed E-state index contributed by atoms with van der Waals surface area (Å²) in [4.78, 5) is 4.33. The third-order valence-electron chi connectivity index (χ3n) is 2.54. The van der Waals surface area contributed by atoms with Gasteiger partial charge in [-0.05, 0) is 18.6 Å². The van der Waals surface area contributed by atoms with E-state index in [1.807, 2.05) is 19.2 Å². The smallest absolute Gasteiger partial charge is 0.0933 e. The van der Waals surface area contributed by atoms with Crippen LogP contribution < -0.4 is 5.32 Å². The van der Waals surface area contributed by atoms with E-state index in [1.54, 1.807) is 0 Å². The molecule has 1 unspecified atom stereocenters. The minimum absolute atomic E-state index is 0.180. The number of rotatable bonds is 4. The van der Waals surface area contributed by atoms with E-state index in [1.165, 1.54) is 5.56 Å². The van der Waals surface area contributed by atoms with Crippen LogP contribution in [0.1, 0.15) is 11.3 Å². The van der Waals surface area contributed by atoms with Gasteiger partial charge in [-0.2, -0.15) is 0 Å². The van der Waals surface area contributed by atoms with Crippen molar-refractivity contribution in [2.45, 2.75) is 19.6 Å². The quantitative estimate of drug-likeness (QED) is 0.822. The molecule has 2 rings (SSSR count). The summed E-state index contributed by atoms with van der Waals surface area (Å²) in [6.45, 7) is 5.74. The topological polar surface area (TPSA) is 43.4 Å². The Morgan fingerprint density at radius 1 is 1.44 bits per heavy atom. The second-order valence-corrected chi connectivity index (χ2v) is 4.03. The van der Waals surface area contributed by atoms with Gasteiger partial charge in [0.05, 0.1) is 31.6 Å². The number of pyridine rings is 1. The van der Waals surface area contributed by atoms with Crippen molar-refractivity contribution >= 4 is 0 Å². The van der Waals surface area contributed by atoms with Crippen molar-refractivity contribution in [1.82, 2.24) is 10.3 Å². The molecule has 4 heteroatoms. The van der Waals surface area contributed by atoms with Gasteiger partial charge < -0.3 is 14.8 Å². The molecule has 16 heavy (non-hydrogen) atoms. The Morgan fingerprint density at radius 3 is 3.06 bits per heavy atom. The molecule has 0 saturated carbocycles. The number of hydrogen-bond acceptors (Lipinski definition) is 4. The van der Waals surface area contributed by atoms with Gasteiger partial charge in [0.25, 0.3) is 0 Å². The average Bonchev–Trinajstić information content (AvgIpc) is 2.33. The van der Waals surface area contributed by atoms with Crippen LogP contribution in [0.4, 0.5) is 0 Å². The van der Waals surface area contributed by atoms with E-state index in [4.69, 9.17) is 9.47 Å². The highest BCUT2D eigenvalue weighted by atomic mass is 16.6. The zero-order valence-corrected chi connectivity index (χ0v) is 9.61. The standard InChI is InChI=1S/C12H18N2O2/c1-10-2-3-11(14-6-10)7-13-8-12-9-15-4-5-16-12/h2-3,6,12-13H,4-5,7-9H2,1H3. The molecule has 4 nitrogen and oxygen atoms in total. The van der Waals surface area contributed by atoms with Crippen molar-refractivity contribution in [3.63, 3.8) is 0 Å². The van der Waals surface area contributed by atoms with Crippen LogP contribution in [0.15, 0.2) is 18.3 Å². The van der Waals surface area contributed by atoms with Crippen LogP contribution in [0.2, 0.25) is 0 Å². The number of ether oxygens (including phenoxy) is 2. The number of aromatic nitrogens is 1. The first-order valence-corrected chi connectivity index (χ1v) is 5.66. The Morgan fingerprint density at radius 2 is 2.38 bits per heavy atom. The second kappa shape index (κ2) is 5.94. The molecule has 1 atom stereocenters. The van der Waals surface area contributed by atoms with Crippen LogP contribution in [-0.4, -0.2) is 37.5 Å². The lowest BCUT2D eigenvalue weighted by Crippen LogP contribution is -2.37. The van der Waals surface area contributed by atoms with Crippen LogP contribution >= 0.6 is 0 Å². The van der Waals surface area contributed by atoms with Crippen molar-refractivity contribution in [2.24, 2.45) is 0 Å². The van der Waals surface area contributed by atoms with Gasteiger partial charge in [0.1, 0.15) is 0 Å². The van der Waals surface area contributed by atoms with E-state index in [0.717, 1.165) is 25.4 Å². The van der Waals surface area contributed by atoms with Crippen LogP contribution in [0.3, 0.4) is 0 Å². The number of aryl methyl sites for hydroxylation is 1. The minimum Gasteiger partial charge on any atom is -0.376 e. The molecule has 88 valence electrons. The maximum absolute atomic E-state index is 5.53. The van der Waals surface area contributed by atoms with Crippen molar-refractivity contribution in [2.75, 3.05) is 26.4 Å². The van der Waals surface area contributed by atoms with E-state index >= 15 is 0 Å². The molecule has 0 aromatic carbocycles. The zero-order valence-electron chi connectivity index (χ0n) is 9.61. The van der Waals surface area contributed by atoms with Gasteiger partial charge in [-0.15, -0.1) is 0 Å².